The van der Waals surface area contributed by atoms with Gasteiger partial charge >= 0.3 is 0 Å². The van der Waals surface area contributed by atoms with E-state index in [0.717, 1.165) is 5.56 Å². The van der Waals surface area contributed by atoms with Crippen molar-refractivity contribution in [1.29, 1.82) is 0 Å². The molecule has 0 spiro atoms. The number of nitrogens with two attached hydrogens (primary N) is 1. The van der Waals surface area contributed by atoms with Gasteiger partial charge in [-0.15, -0.1) is 0 Å². The normalized spacial score (nSPS) is 12.1. The molecule has 0 saturated carbocycles. The summed E-state index contributed by atoms with van der Waals surface area (Å²) < 4.78 is 0. The molecule has 0 saturated heterocycles. The highest BCUT2D eigenvalue weighted by atomic mass is 32.1. The monoisotopic (exact) mass is 256 g/mol. The summed E-state index contributed by atoms with van der Waals surface area (Å²) in [4.78, 5) is 14.0. The summed E-state index contributed by atoms with van der Waals surface area (Å²) in [6.45, 7) is 1.95. The van der Waals surface area contributed by atoms with Crippen molar-refractivity contribution in [2.45, 2.75) is 25.8 Å². The summed E-state index contributed by atoms with van der Waals surface area (Å²) in [6.07, 6.45) is 1.02. The number of thiophene rings is 1. The summed E-state index contributed by atoms with van der Waals surface area (Å²) in [5.41, 5.74) is 6.52. The second-order valence-corrected chi connectivity index (χ2v) is 5.14. The van der Waals surface area contributed by atoms with Crippen molar-refractivity contribution in [3.05, 3.63) is 22.4 Å². The molecule has 0 aliphatic heterocycles. The number of nitrogens with zero attached hydrogens (tertiary/aromatic N) is 1. The lowest BCUT2D eigenvalue weighted by atomic mass is 10.1. The van der Waals surface area contributed by atoms with Crippen LogP contribution in [0.1, 0.15) is 18.9 Å². The van der Waals surface area contributed by atoms with E-state index in [4.69, 9.17) is 18.0 Å². The highest BCUT2D eigenvalue weighted by Crippen LogP contribution is 2.10. The Morgan fingerprint density at radius 2 is 2.38 bits per heavy atom. The van der Waals surface area contributed by atoms with E-state index >= 15 is 0 Å². The van der Waals surface area contributed by atoms with Gasteiger partial charge in [-0.2, -0.15) is 11.3 Å². The average Bonchev–Trinajstić information content (AvgIpc) is 2.68. The van der Waals surface area contributed by atoms with Crippen LogP contribution in [0.4, 0.5) is 0 Å². The zero-order valence-corrected chi connectivity index (χ0v) is 11.1. The first kappa shape index (κ1) is 13.1. The van der Waals surface area contributed by atoms with E-state index in [1.54, 1.807) is 23.3 Å². The van der Waals surface area contributed by atoms with Gasteiger partial charge in [-0.3, -0.25) is 4.79 Å². The van der Waals surface area contributed by atoms with E-state index in [2.05, 4.69) is 0 Å². The first-order valence-corrected chi connectivity index (χ1v) is 6.41. The van der Waals surface area contributed by atoms with Crippen LogP contribution in [0, 0.1) is 0 Å². The summed E-state index contributed by atoms with van der Waals surface area (Å²) in [6, 6.07) is 2.03. The van der Waals surface area contributed by atoms with Gasteiger partial charge in [0, 0.05) is 19.5 Å². The number of hydrogen-bond donors (Lipinski definition) is 1. The molecule has 5 heteroatoms. The van der Waals surface area contributed by atoms with E-state index in [9.17, 15) is 4.79 Å². The van der Waals surface area contributed by atoms with E-state index < -0.39 is 0 Å². The molecule has 0 aliphatic rings. The molecule has 3 nitrogen and oxygen atoms in total. The van der Waals surface area contributed by atoms with Gasteiger partial charge in [0.2, 0.25) is 5.91 Å². The zero-order valence-electron chi connectivity index (χ0n) is 9.47. The molecule has 1 amide bonds. The Morgan fingerprint density at radius 3 is 2.88 bits per heavy atom. The van der Waals surface area contributed by atoms with E-state index in [-0.39, 0.29) is 11.9 Å². The van der Waals surface area contributed by atoms with Crippen LogP contribution in [-0.4, -0.2) is 28.9 Å². The summed E-state index contributed by atoms with van der Waals surface area (Å²) in [5.74, 6) is 0.0992. The molecule has 0 fully saturated rings. The maximum atomic E-state index is 11.9. The Hall–Kier alpha value is -0.940. The Kier molecular flexibility index (Phi) is 4.89. The Balaban J connectivity index is 2.50. The standard InChI is InChI=1S/C11H16N2OS2/c1-8(5-10(12)15)13(2)11(14)6-9-3-4-16-7-9/h3-4,7-8H,5-6H2,1-2H3,(H2,12,15). The molecule has 1 aromatic rings. The van der Waals surface area contributed by atoms with Gasteiger partial charge in [0.1, 0.15) is 0 Å². The third-order valence-electron chi connectivity index (χ3n) is 2.49. The van der Waals surface area contributed by atoms with Gasteiger partial charge in [0.15, 0.2) is 0 Å². The van der Waals surface area contributed by atoms with Crippen LogP contribution >= 0.6 is 23.6 Å². The highest BCUT2D eigenvalue weighted by molar-refractivity contribution is 7.80. The van der Waals surface area contributed by atoms with Crippen molar-refractivity contribution < 1.29 is 4.79 Å². The van der Waals surface area contributed by atoms with Crippen molar-refractivity contribution in [3.8, 4) is 0 Å². The van der Waals surface area contributed by atoms with Gasteiger partial charge in [0.25, 0.3) is 0 Å². The first-order valence-electron chi connectivity index (χ1n) is 5.05. The average molecular weight is 256 g/mol. The largest absolute Gasteiger partial charge is 0.393 e. The Labute approximate surface area is 105 Å². The molecule has 88 valence electrons. The van der Waals surface area contributed by atoms with Gasteiger partial charge in [-0.25, -0.2) is 0 Å². The summed E-state index contributed by atoms with van der Waals surface area (Å²) in [7, 11) is 1.79. The van der Waals surface area contributed by atoms with Crippen molar-refractivity contribution >= 4 is 34.5 Å². The van der Waals surface area contributed by atoms with Gasteiger partial charge in [-0.05, 0) is 29.3 Å². The van der Waals surface area contributed by atoms with E-state index in [1.807, 2.05) is 23.8 Å². The highest BCUT2D eigenvalue weighted by Gasteiger charge is 2.16. The van der Waals surface area contributed by atoms with Crippen LogP contribution in [0.5, 0.6) is 0 Å². The molecular weight excluding hydrogens is 240 g/mol. The lowest BCUT2D eigenvalue weighted by molar-refractivity contribution is -0.130. The van der Waals surface area contributed by atoms with Crippen LogP contribution in [0.3, 0.4) is 0 Å². The predicted molar refractivity (Wildman–Crippen MR) is 71.7 cm³/mol. The molecule has 0 bridgehead atoms. The lowest BCUT2D eigenvalue weighted by Gasteiger charge is -2.24. The first-order chi connectivity index (χ1) is 7.50. The zero-order chi connectivity index (χ0) is 12.1. The molecular formula is C11H16N2OS2. The Morgan fingerprint density at radius 1 is 1.69 bits per heavy atom. The molecule has 0 aromatic carbocycles. The molecule has 1 unspecified atom stereocenters. The smallest absolute Gasteiger partial charge is 0.227 e. The maximum Gasteiger partial charge on any atom is 0.227 e. The van der Waals surface area contributed by atoms with Crippen LogP contribution < -0.4 is 5.73 Å². The van der Waals surface area contributed by atoms with Crippen molar-refractivity contribution in [1.82, 2.24) is 4.90 Å². The number of rotatable bonds is 5. The summed E-state index contributed by atoms with van der Waals surface area (Å²) in [5, 5.41) is 3.96. The van der Waals surface area contributed by atoms with E-state index in [1.165, 1.54) is 0 Å². The van der Waals surface area contributed by atoms with Crippen molar-refractivity contribution in [3.63, 3.8) is 0 Å². The summed E-state index contributed by atoms with van der Waals surface area (Å²) >= 11 is 6.44. The fourth-order valence-electron chi connectivity index (χ4n) is 1.37. The quantitative estimate of drug-likeness (QED) is 0.817. The van der Waals surface area contributed by atoms with Crippen LogP contribution in [0.25, 0.3) is 0 Å². The SMILES string of the molecule is CC(CC(N)=S)N(C)C(=O)Cc1ccsc1. The Bertz CT molecular complexity index is 362. The fraction of sp³-hybridized carbons (Fsp3) is 0.455. The van der Waals surface area contributed by atoms with Crippen molar-refractivity contribution in [2.24, 2.45) is 5.73 Å². The lowest BCUT2D eigenvalue weighted by Crippen LogP contribution is -2.38. The van der Waals surface area contributed by atoms with Gasteiger partial charge in [0.05, 0.1) is 11.4 Å². The number of likely N-dealkylation sites (N-methyl/N-ethyl adjacent to an activating group) is 1. The minimum absolute atomic E-state index is 0.0589. The number of amides is 1. The minimum atomic E-state index is 0.0589. The van der Waals surface area contributed by atoms with E-state index in [0.29, 0.717) is 17.8 Å². The number of carbonyl (C=O) groups is 1. The maximum absolute atomic E-state index is 11.9. The topological polar surface area (TPSA) is 46.3 Å². The molecule has 0 aliphatic carbocycles. The molecule has 1 aromatic heterocycles. The number of hydrogen-bond acceptors (Lipinski definition) is 3. The predicted octanol–water partition coefficient (Wildman–Crippen LogP) is 1.81. The molecule has 1 heterocycles. The molecule has 0 radical (unpaired) electrons. The van der Waals surface area contributed by atoms with Crippen LogP contribution in [0.2, 0.25) is 0 Å². The minimum Gasteiger partial charge on any atom is -0.393 e. The van der Waals surface area contributed by atoms with Gasteiger partial charge < -0.3 is 10.6 Å². The number of carbonyl (C=O) groups excluding carboxylic acids is 1. The molecule has 1 atom stereocenters. The molecule has 1 rings (SSSR count). The second kappa shape index (κ2) is 5.96. The molecule has 16 heavy (non-hydrogen) atoms. The van der Waals surface area contributed by atoms with Gasteiger partial charge in [-0.1, -0.05) is 12.2 Å². The van der Waals surface area contributed by atoms with Crippen LogP contribution in [0.15, 0.2) is 16.8 Å². The fourth-order valence-corrected chi connectivity index (χ4v) is 2.28. The van der Waals surface area contributed by atoms with Crippen molar-refractivity contribution in [2.75, 3.05) is 7.05 Å². The van der Waals surface area contributed by atoms with Crippen LogP contribution in [-0.2, 0) is 11.2 Å². The molecule has 2 N–H and O–H groups in total. The third kappa shape index (κ3) is 3.90. The number of thiocarbonyl (C=S) groups is 1. The second-order valence-electron chi connectivity index (χ2n) is 3.83. The third-order valence-corrected chi connectivity index (χ3v) is 3.39.